The normalized spacial score (nSPS) is 19.3. The first-order valence-electron chi connectivity index (χ1n) is 10.1. The van der Waals surface area contributed by atoms with E-state index in [9.17, 15) is 13.2 Å². The number of piperidine rings is 1. The molecule has 0 unspecified atom stereocenters. The fourth-order valence-corrected chi connectivity index (χ4v) is 5.52. The van der Waals surface area contributed by atoms with Crippen LogP contribution in [0.4, 0.5) is 5.69 Å². The number of carbonyl (C=O) groups is 1. The Morgan fingerprint density at radius 1 is 1.11 bits per heavy atom. The van der Waals surface area contributed by atoms with Gasteiger partial charge in [-0.1, -0.05) is 25.7 Å². The second-order valence-electron chi connectivity index (χ2n) is 7.45. The summed E-state index contributed by atoms with van der Waals surface area (Å²) in [5.41, 5.74) is 0.425. The minimum atomic E-state index is -3.67. The van der Waals surface area contributed by atoms with Crippen molar-refractivity contribution in [1.82, 2.24) is 4.31 Å². The highest BCUT2D eigenvalue weighted by Crippen LogP contribution is 2.31. The number of hydrogen-bond acceptors (Lipinski definition) is 5. The van der Waals surface area contributed by atoms with E-state index in [4.69, 9.17) is 9.47 Å². The van der Waals surface area contributed by atoms with Crippen LogP contribution < -0.4 is 10.1 Å². The summed E-state index contributed by atoms with van der Waals surface area (Å²) in [7, 11) is -2.22. The molecule has 156 valence electrons. The predicted molar refractivity (Wildman–Crippen MR) is 107 cm³/mol. The van der Waals surface area contributed by atoms with Crippen molar-refractivity contribution in [2.45, 2.75) is 62.4 Å². The lowest BCUT2D eigenvalue weighted by atomic mass is 9.98. The number of ether oxygens (including phenoxy) is 2. The van der Waals surface area contributed by atoms with Crippen molar-refractivity contribution in [1.29, 1.82) is 0 Å². The molecule has 1 aliphatic carbocycles. The van der Waals surface area contributed by atoms with Gasteiger partial charge in [-0.15, -0.1) is 0 Å². The number of sulfonamides is 1. The lowest BCUT2D eigenvalue weighted by molar-refractivity contribution is -0.123. The molecule has 7 nitrogen and oxygen atoms in total. The Bertz CT molecular complexity index is 769. The first-order valence-corrected chi connectivity index (χ1v) is 11.5. The molecule has 1 N–H and O–H groups in total. The summed E-state index contributed by atoms with van der Waals surface area (Å²) < 4.78 is 38.5. The SMILES string of the molecule is COc1ccc(NC(=O)COC2CCCCC2)cc1S(=O)(=O)N1CCCCC1. The number of hydrogen-bond donors (Lipinski definition) is 1. The maximum atomic E-state index is 13.0. The van der Waals surface area contributed by atoms with Gasteiger partial charge >= 0.3 is 0 Å². The van der Waals surface area contributed by atoms with Gasteiger partial charge in [0.05, 0.1) is 13.2 Å². The molecule has 1 aromatic rings. The average molecular weight is 411 g/mol. The molecule has 1 amide bonds. The third-order valence-corrected chi connectivity index (χ3v) is 7.30. The van der Waals surface area contributed by atoms with Gasteiger partial charge in [-0.2, -0.15) is 4.31 Å². The molecule has 28 heavy (non-hydrogen) atoms. The quantitative estimate of drug-likeness (QED) is 0.746. The standard InChI is InChI=1S/C20H30N2O5S/c1-26-18-11-10-16(21-20(23)15-27-17-8-4-2-5-9-17)14-19(18)28(24,25)22-12-6-3-7-13-22/h10-11,14,17H,2-9,12-13,15H2,1H3,(H,21,23). The summed E-state index contributed by atoms with van der Waals surface area (Å²) in [5, 5.41) is 2.75. The highest BCUT2D eigenvalue weighted by atomic mass is 32.2. The third kappa shape index (κ3) is 5.24. The average Bonchev–Trinajstić information content (AvgIpc) is 2.73. The summed E-state index contributed by atoms with van der Waals surface area (Å²) in [4.78, 5) is 12.3. The number of rotatable bonds is 7. The second kappa shape index (κ2) is 9.71. The van der Waals surface area contributed by atoms with Crippen LogP contribution >= 0.6 is 0 Å². The molecule has 0 spiro atoms. The molecule has 3 rings (SSSR count). The maximum Gasteiger partial charge on any atom is 0.250 e. The van der Waals surface area contributed by atoms with Crippen molar-refractivity contribution in [3.63, 3.8) is 0 Å². The minimum absolute atomic E-state index is 0.0229. The van der Waals surface area contributed by atoms with Crippen LogP contribution in [0.3, 0.4) is 0 Å². The van der Waals surface area contributed by atoms with Crippen LogP contribution in [0.5, 0.6) is 5.75 Å². The maximum absolute atomic E-state index is 13.0. The van der Waals surface area contributed by atoms with Crippen LogP contribution in [-0.4, -0.2) is 51.5 Å². The van der Waals surface area contributed by atoms with Gasteiger partial charge in [-0.25, -0.2) is 8.42 Å². The van der Waals surface area contributed by atoms with Crippen LogP contribution in [-0.2, 0) is 19.6 Å². The summed E-state index contributed by atoms with van der Waals surface area (Å²) in [6, 6.07) is 4.70. The van der Waals surface area contributed by atoms with Gasteiger partial charge in [0.25, 0.3) is 0 Å². The Kier molecular flexibility index (Phi) is 7.31. The highest BCUT2D eigenvalue weighted by Gasteiger charge is 2.29. The highest BCUT2D eigenvalue weighted by molar-refractivity contribution is 7.89. The van der Waals surface area contributed by atoms with Gasteiger partial charge in [0, 0.05) is 18.8 Å². The molecule has 8 heteroatoms. The van der Waals surface area contributed by atoms with Gasteiger partial charge in [-0.05, 0) is 43.9 Å². The van der Waals surface area contributed by atoms with E-state index in [1.807, 2.05) is 0 Å². The van der Waals surface area contributed by atoms with Crippen molar-refractivity contribution in [3.8, 4) is 5.75 Å². The molecule has 1 aromatic carbocycles. The number of benzene rings is 1. The summed E-state index contributed by atoms with van der Waals surface area (Å²) in [6.45, 7) is 1.000. The summed E-state index contributed by atoms with van der Waals surface area (Å²) >= 11 is 0. The zero-order chi connectivity index (χ0) is 20.0. The molecular formula is C20H30N2O5S. The van der Waals surface area contributed by atoms with Crippen LogP contribution in [0.2, 0.25) is 0 Å². The molecule has 2 aliphatic rings. The fourth-order valence-electron chi connectivity index (χ4n) is 3.82. The molecule has 0 aromatic heterocycles. The number of amides is 1. The van der Waals surface area contributed by atoms with E-state index < -0.39 is 10.0 Å². The summed E-state index contributed by atoms with van der Waals surface area (Å²) in [5.74, 6) is -0.000844. The van der Waals surface area contributed by atoms with Crippen molar-refractivity contribution in [2.75, 3.05) is 32.1 Å². The molecule has 1 heterocycles. The van der Waals surface area contributed by atoms with Crippen LogP contribution in [0.15, 0.2) is 23.1 Å². The van der Waals surface area contributed by atoms with E-state index in [1.165, 1.54) is 23.9 Å². The van der Waals surface area contributed by atoms with Gasteiger partial charge in [0.15, 0.2) is 0 Å². The Morgan fingerprint density at radius 3 is 2.46 bits per heavy atom. The molecule has 0 bridgehead atoms. The molecule has 2 fully saturated rings. The van der Waals surface area contributed by atoms with Crippen molar-refractivity contribution in [3.05, 3.63) is 18.2 Å². The lowest BCUT2D eigenvalue weighted by Gasteiger charge is -2.26. The zero-order valence-corrected chi connectivity index (χ0v) is 17.3. The summed E-state index contributed by atoms with van der Waals surface area (Å²) in [6.07, 6.45) is 8.40. The Balaban J connectivity index is 1.68. The smallest absolute Gasteiger partial charge is 0.250 e. The van der Waals surface area contributed by atoms with Crippen molar-refractivity contribution in [2.24, 2.45) is 0 Å². The third-order valence-electron chi connectivity index (χ3n) is 5.38. The second-order valence-corrected chi connectivity index (χ2v) is 9.36. The number of nitrogens with zero attached hydrogens (tertiary/aromatic N) is 1. The Hall–Kier alpha value is -1.64. The van der Waals surface area contributed by atoms with Crippen LogP contribution in [0.1, 0.15) is 51.4 Å². The van der Waals surface area contributed by atoms with Gasteiger partial charge in [-0.3, -0.25) is 4.79 Å². The predicted octanol–water partition coefficient (Wildman–Crippen LogP) is 3.16. The number of carbonyl (C=O) groups excluding carboxylic acids is 1. The molecular weight excluding hydrogens is 380 g/mol. The first-order chi connectivity index (χ1) is 13.5. The zero-order valence-electron chi connectivity index (χ0n) is 16.5. The lowest BCUT2D eigenvalue weighted by Crippen LogP contribution is -2.35. The van der Waals surface area contributed by atoms with E-state index in [-0.39, 0.29) is 29.3 Å². The van der Waals surface area contributed by atoms with Crippen molar-refractivity contribution < 1.29 is 22.7 Å². The molecule has 0 radical (unpaired) electrons. The van der Waals surface area contributed by atoms with Crippen LogP contribution in [0, 0.1) is 0 Å². The largest absolute Gasteiger partial charge is 0.495 e. The number of anilines is 1. The molecule has 1 saturated carbocycles. The number of methoxy groups -OCH3 is 1. The Labute approximate surface area is 167 Å². The molecule has 1 saturated heterocycles. The first kappa shape index (κ1) is 21.1. The van der Waals surface area contributed by atoms with E-state index in [2.05, 4.69) is 5.32 Å². The Morgan fingerprint density at radius 2 is 1.79 bits per heavy atom. The van der Waals surface area contributed by atoms with Gasteiger partial charge < -0.3 is 14.8 Å². The number of nitrogens with one attached hydrogen (secondary N) is 1. The minimum Gasteiger partial charge on any atom is -0.495 e. The monoisotopic (exact) mass is 410 g/mol. The topological polar surface area (TPSA) is 84.9 Å². The van der Waals surface area contributed by atoms with E-state index in [0.29, 0.717) is 18.8 Å². The van der Waals surface area contributed by atoms with Gasteiger partial charge in [0.2, 0.25) is 15.9 Å². The fraction of sp³-hybridized carbons (Fsp3) is 0.650. The van der Waals surface area contributed by atoms with E-state index >= 15 is 0 Å². The molecule has 0 atom stereocenters. The molecule has 1 aliphatic heterocycles. The van der Waals surface area contributed by atoms with E-state index in [0.717, 1.165) is 44.9 Å². The van der Waals surface area contributed by atoms with Gasteiger partial charge in [0.1, 0.15) is 17.3 Å². The van der Waals surface area contributed by atoms with E-state index in [1.54, 1.807) is 12.1 Å². The van der Waals surface area contributed by atoms with Crippen molar-refractivity contribution >= 4 is 21.6 Å². The van der Waals surface area contributed by atoms with Crippen LogP contribution in [0.25, 0.3) is 0 Å².